The average molecular weight is 241 g/mol. The Hall–Kier alpha value is -1.90. The number of anilines is 1. The van der Waals surface area contributed by atoms with Crippen LogP contribution in [0, 0.1) is 20.8 Å². The normalized spacial score (nSPS) is 10.6. The fourth-order valence-electron chi connectivity index (χ4n) is 2.04. The molecule has 0 saturated carbocycles. The molecule has 18 heavy (non-hydrogen) atoms. The molecular weight excluding hydrogens is 222 g/mol. The summed E-state index contributed by atoms with van der Waals surface area (Å²) >= 11 is 0. The van der Waals surface area contributed by atoms with Crippen molar-refractivity contribution in [3.63, 3.8) is 0 Å². The van der Waals surface area contributed by atoms with Crippen LogP contribution in [0.3, 0.4) is 0 Å². The molecule has 0 aliphatic carbocycles. The highest BCUT2D eigenvalue weighted by Gasteiger charge is 2.01. The van der Waals surface area contributed by atoms with Gasteiger partial charge in [-0.25, -0.2) is 9.97 Å². The number of aromatic nitrogens is 2. The molecule has 3 heteroatoms. The van der Waals surface area contributed by atoms with E-state index in [0.29, 0.717) is 0 Å². The fourth-order valence-corrected chi connectivity index (χ4v) is 2.04. The smallest absolute Gasteiger partial charge is 0.125 e. The first-order valence-electron chi connectivity index (χ1n) is 6.21. The zero-order valence-electron chi connectivity index (χ0n) is 11.2. The highest BCUT2D eigenvalue weighted by Crippen LogP contribution is 2.14. The molecule has 0 atom stereocenters. The number of nitrogens with two attached hydrogens (primary N) is 1. The van der Waals surface area contributed by atoms with Crippen molar-refractivity contribution in [2.75, 3.05) is 5.73 Å². The number of benzene rings is 1. The van der Waals surface area contributed by atoms with Crippen LogP contribution in [0.2, 0.25) is 0 Å². The van der Waals surface area contributed by atoms with Crippen LogP contribution in [0.1, 0.15) is 28.3 Å². The molecule has 2 N–H and O–H groups in total. The molecule has 1 aromatic heterocycles. The second kappa shape index (κ2) is 5.17. The minimum Gasteiger partial charge on any atom is -0.399 e. The molecular formula is C15H19N3. The number of nitrogen functional groups attached to an aromatic ring is 1. The van der Waals surface area contributed by atoms with E-state index in [-0.39, 0.29) is 0 Å². The van der Waals surface area contributed by atoms with Crippen molar-refractivity contribution < 1.29 is 0 Å². The number of rotatable bonds is 3. The van der Waals surface area contributed by atoms with Crippen LogP contribution >= 0.6 is 0 Å². The summed E-state index contributed by atoms with van der Waals surface area (Å²) < 4.78 is 0. The van der Waals surface area contributed by atoms with Gasteiger partial charge in [-0.15, -0.1) is 0 Å². The highest BCUT2D eigenvalue weighted by atomic mass is 14.9. The third-order valence-electron chi connectivity index (χ3n) is 3.03. The van der Waals surface area contributed by atoms with Gasteiger partial charge in [0, 0.05) is 17.1 Å². The Morgan fingerprint density at radius 2 is 1.78 bits per heavy atom. The standard InChI is InChI=1S/C15H19N3/c1-10-4-5-13(9-15(10)16)6-7-14-8-11(2)17-12(3)18-14/h4-5,8-9H,6-7,16H2,1-3H3. The van der Waals surface area contributed by atoms with Crippen molar-refractivity contribution in [2.45, 2.75) is 33.6 Å². The van der Waals surface area contributed by atoms with Crippen LogP contribution in [0.15, 0.2) is 24.3 Å². The Kier molecular flexibility index (Phi) is 3.60. The number of aryl methyl sites for hydroxylation is 5. The molecule has 0 spiro atoms. The molecule has 2 aromatic rings. The van der Waals surface area contributed by atoms with Gasteiger partial charge in [-0.2, -0.15) is 0 Å². The lowest BCUT2D eigenvalue weighted by Crippen LogP contribution is -2.00. The molecule has 0 bridgehead atoms. The predicted molar refractivity (Wildman–Crippen MR) is 74.5 cm³/mol. The third kappa shape index (κ3) is 3.06. The van der Waals surface area contributed by atoms with Crippen molar-refractivity contribution in [1.29, 1.82) is 0 Å². The Balaban J connectivity index is 2.08. The van der Waals surface area contributed by atoms with E-state index in [1.807, 2.05) is 26.8 Å². The van der Waals surface area contributed by atoms with Gasteiger partial charge in [-0.1, -0.05) is 12.1 Å². The first kappa shape index (κ1) is 12.6. The van der Waals surface area contributed by atoms with E-state index in [4.69, 9.17) is 5.73 Å². The summed E-state index contributed by atoms with van der Waals surface area (Å²) in [5.41, 5.74) is 11.3. The van der Waals surface area contributed by atoms with Crippen molar-refractivity contribution >= 4 is 5.69 Å². The Labute approximate surface area is 108 Å². The third-order valence-corrected chi connectivity index (χ3v) is 3.03. The highest BCUT2D eigenvalue weighted by molar-refractivity contribution is 5.48. The Morgan fingerprint density at radius 3 is 2.44 bits per heavy atom. The Morgan fingerprint density at radius 1 is 1.00 bits per heavy atom. The van der Waals surface area contributed by atoms with Crippen molar-refractivity contribution in [3.8, 4) is 0 Å². The largest absolute Gasteiger partial charge is 0.399 e. The fraction of sp³-hybridized carbons (Fsp3) is 0.333. The molecule has 0 aliphatic heterocycles. The summed E-state index contributed by atoms with van der Waals surface area (Å²) in [7, 11) is 0. The quantitative estimate of drug-likeness (QED) is 0.841. The van der Waals surface area contributed by atoms with Gasteiger partial charge in [0.1, 0.15) is 5.82 Å². The van der Waals surface area contributed by atoms with Crippen molar-refractivity contribution in [1.82, 2.24) is 9.97 Å². The van der Waals surface area contributed by atoms with Gasteiger partial charge in [0.05, 0.1) is 0 Å². The summed E-state index contributed by atoms with van der Waals surface area (Å²) in [6.45, 7) is 5.96. The number of hydrogen-bond donors (Lipinski definition) is 1. The van der Waals surface area contributed by atoms with Gasteiger partial charge in [-0.3, -0.25) is 0 Å². The van der Waals surface area contributed by atoms with Gasteiger partial charge in [0.25, 0.3) is 0 Å². The molecule has 0 saturated heterocycles. The maximum Gasteiger partial charge on any atom is 0.125 e. The maximum atomic E-state index is 5.91. The van der Waals surface area contributed by atoms with Crippen LogP contribution in [-0.4, -0.2) is 9.97 Å². The minimum atomic E-state index is 0.841. The van der Waals surface area contributed by atoms with Gasteiger partial charge in [-0.05, 0) is 56.9 Å². The summed E-state index contributed by atoms with van der Waals surface area (Å²) in [5.74, 6) is 0.841. The second-order valence-corrected chi connectivity index (χ2v) is 4.74. The molecule has 3 nitrogen and oxygen atoms in total. The van der Waals surface area contributed by atoms with Crippen LogP contribution in [-0.2, 0) is 12.8 Å². The molecule has 1 aromatic carbocycles. The molecule has 0 fully saturated rings. The summed E-state index contributed by atoms with van der Waals surface area (Å²) in [4.78, 5) is 8.73. The van der Waals surface area contributed by atoms with E-state index < -0.39 is 0 Å². The van der Waals surface area contributed by atoms with E-state index in [0.717, 1.165) is 41.3 Å². The zero-order chi connectivity index (χ0) is 13.1. The summed E-state index contributed by atoms with van der Waals surface area (Å²) in [6.07, 6.45) is 1.88. The van der Waals surface area contributed by atoms with E-state index >= 15 is 0 Å². The molecule has 0 aliphatic rings. The molecule has 1 heterocycles. The lowest BCUT2D eigenvalue weighted by Gasteiger charge is -2.06. The lowest BCUT2D eigenvalue weighted by molar-refractivity contribution is 0.868. The molecule has 0 radical (unpaired) electrons. The number of nitrogens with zero attached hydrogens (tertiary/aromatic N) is 2. The zero-order valence-corrected chi connectivity index (χ0v) is 11.2. The van der Waals surface area contributed by atoms with E-state index in [1.54, 1.807) is 0 Å². The second-order valence-electron chi connectivity index (χ2n) is 4.74. The van der Waals surface area contributed by atoms with Crippen LogP contribution in [0.25, 0.3) is 0 Å². The van der Waals surface area contributed by atoms with Crippen LogP contribution in [0.4, 0.5) is 5.69 Å². The molecule has 2 rings (SSSR count). The maximum absolute atomic E-state index is 5.91. The predicted octanol–water partition coefficient (Wildman–Crippen LogP) is 2.77. The van der Waals surface area contributed by atoms with Gasteiger partial charge in [0.15, 0.2) is 0 Å². The first-order chi connectivity index (χ1) is 8.54. The topological polar surface area (TPSA) is 51.8 Å². The van der Waals surface area contributed by atoms with Crippen molar-refractivity contribution in [3.05, 3.63) is 52.6 Å². The van der Waals surface area contributed by atoms with Crippen LogP contribution < -0.4 is 5.73 Å². The average Bonchev–Trinajstić information content (AvgIpc) is 2.29. The number of hydrogen-bond acceptors (Lipinski definition) is 3. The van der Waals surface area contributed by atoms with Gasteiger partial charge in [0.2, 0.25) is 0 Å². The molecule has 0 amide bonds. The Bertz CT molecular complexity index is 541. The van der Waals surface area contributed by atoms with E-state index in [1.165, 1.54) is 5.56 Å². The van der Waals surface area contributed by atoms with E-state index in [2.05, 4.69) is 28.2 Å². The summed E-state index contributed by atoms with van der Waals surface area (Å²) in [6, 6.07) is 8.30. The van der Waals surface area contributed by atoms with Gasteiger partial charge >= 0.3 is 0 Å². The van der Waals surface area contributed by atoms with Crippen molar-refractivity contribution in [2.24, 2.45) is 0 Å². The minimum absolute atomic E-state index is 0.841. The monoisotopic (exact) mass is 241 g/mol. The van der Waals surface area contributed by atoms with Crippen LogP contribution in [0.5, 0.6) is 0 Å². The molecule has 94 valence electrons. The van der Waals surface area contributed by atoms with E-state index in [9.17, 15) is 0 Å². The lowest BCUT2D eigenvalue weighted by atomic mass is 10.0. The summed E-state index contributed by atoms with van der Waals surface area (Å²) in [5, 5.41) is 0. The molecule has 0 unspecified atom stereocenters. The first-order valence-corrected chi connectivity index (χ1v) is 6.21. The SMILES string of the molecule is Cc1cc(CCc2ccc(C)c(N)c2)nc(C)n1. The van der Waals surface area contributed by atoms with Gasteiger partial charge < -0.3 is 5.73 Å².